The molecule has 0 aliphatic heterocycles. The van der Waals surface area contributed by atoms with Crippen molar-refractivity contribution in [2.45, 2.75) is 25.9 Å². The van der Waals surface area contributed by atoms with Crippen LogP contribution in [0.1, 0.15) is 30.6 Å². The Hall–Kier alpha value is -1.62. The Morgan fingerprint density at radius 1 is 1.41 bits per heavy atom. The number of aromatic nitrogens is 4. The van der Waals surface area contributed by atoms with Gasteiger partial charge in [-0.2, -0.15) is 10.2 Å². The molecule has 0 spiro atoms. The van der Waals surface area contributed by atoms with Crippen LogP contribution in [0, 0.1) is 0 Å². The second kappa shape index (κ2) is 5.14. The van der Waals surface area contributed by atoms with Crippen LogP contribution in [0.3, 0.4) is 0 Å². The van der Waals surface area contributed by atoms with Crippen molar-refractivity contribution in [3.05, 3.63) is 35.9 Å². The smallest absolute Gasteiger partial charge is 0.0776 e. The molecule has 0 aliphatic carbocycles. The van der Waals surface area contributed by atoms with Gasteiger partial charge in [-0.1, -0.05) is 6.92 Å². The van der Waals surface area contributed by atoms with E-state index in [-0.39, 0.29) is 6.04 Å². The standard InChI is InChI=1S/C12H19N5/c1-4-7-17-11(5-6-14-17)12(13-2)10-8-15-16(3)9-10/h5-6,8-9,12-13H,4,7H2,1-3H3. The fraction of sp³-hybridized carbons (Fsp3) is 0.500. The Morgan fingerprint density at radius 3 is 2.82 bits per heavy atom. The molecule has 0 fully saturated rings. The molecule has 1 atom stereocenters. The van der Waals surface area contributed by atoms with E-state index >= 15 is 0 Å². The second-order valence-corrected chi connectivity index (χ2v) is 4.15. The van der Waals surface area contributed by atoms with Crippen LogP contribution in [-0.2, 0) is 13.6 Å². The third-order valence-electron chi connectivity index (χ3n) is 2.83. The molecule has 2 aromatic heterocycles. The lowest BCUT2D eigenvalue weighted by Gasteiger charge is -2.16. The van der Waals surface area contributed by atoms with Crippen molar-refractivity contribution in [1.29, 1.82) is 0 Å². The molecule has 2 rings (SSSR count). The summed E-state index contributed by atoms with van der Waals surface area (Å²) >= 11 is 0. The molecule has 0 aliphatic rings. The van der Waals surface area contributed by atoms with Gasteiger partial charge < -0.3 is 5.32 Å². The highest BCUT2D eigenvalue weighted by Crippen LogP contribution is 2.20. The summed E-state index contributed by atoms with van der Waals surface area (Å²) in [5, 5.41) is 11.9. The van der Waals surface area contributed by atoms with Gasteiger partial charge >= 0.3 is 0 Å². The molecule has 5 heteroatoms. The summed E-state index contributed by atoms with van der Waals surface area (Å²) in [4.78, 5) is 0. The van der Waals surface area contributed by atoms with Gasteiger partial charge in [0.05, 0.1) is 17.9 Å². The minimum Gasteiger partial charge on any atom is -0.308 e. The lowest BCUT2D eigenvalue weighted by molar-refractivity contribution is 0.534. The topological polar surface area (TPSA) is 47.7 Å². The van der Waals surface area contributed by atoms with Gasteiger partial charge in [0.2, 0.25) is 0 Å². The highest BCUT2D eigenvalue weighted by atomic mass is 15.3. The molecular weight excluding hydrogens is 214 g/mol. The van der Waals surface area contributed by atoms with Crippen molar-refractivity contribution in [3.63, 3.8) is 0 Å². The monoisotopic (exact) mass is 233 g/mol. The van der Waals surface area contributed by atoms with Crippen LogP contribution < -0.4 is 5.32 Å². The Labute approximate surface area is 101 Å². The highest BCUT2D eigenvalue weighted by molar-refractivity contribution is 5.23. The van der Waals surface area contributed by atoms with E-state index in [1.807, 2.05) is 42.0 Å². The molecule has 2 aromatic rings. The Morgan fingerprint density at radius 2 is 2.24 bits per heavy atom. The first kappa shape index (κ1) is 11.9. The number of rotatable bonds is 5. The molecule has 1 unspecified atom stereocenters. The van der Waals surface area contributed by atoms with Crippen LogP contribution in [0.2, 0.25) is 0 Å². The van der Waals surface area contributed by atoms with Crippen LogP contribution >= 0.6 is 0 Å². The maximum Gasteiger partial charge on any atom is 0.0776 e. The SMILES string of the molecule is CCCn1nccc1C(NC)c1cnn(C)c1. The average molecular weight is 233 g/mol. The molecular formula is C12H19N5. The summed E-state index contributed by atoms with van der Waals surface area (Å²) in [5.41, 5.74) is 2.34. The average Bonchev–Trinajstić information content (AvgIpc) is 2.91. The zero-order valence-electron chi connectivity index (χ0n) is 10.6. The van der Waals surface area contributed by atoms with E-state index in [1.165, 1.54) is 5.69 Å². The van der Waals surface area contributed by atoms with Crippen LogP contribution in [0.5, 0.6) is 0 Å². The number of aryl methyl sites for hydroxylation is 2. The third kappa shape index (κ3) is 2.39. The van der Waals surface area contributed by atoms with Gasteiger partial charge in [-0.05, 0) is 19.5 Å². The zero-order chi connectivity index (χ0) is 12.3. The molecule has 0 aromatic carbocycles. The Bertz CT molecular complexity index is 471. The van der Waals surface area contributed by atoms with Crippen molar-refractivity contribution in [1.82, 2.24) is 24.9 Å². The normalized spacial score (nSPS) is 12.9. The first-order valence-electron chi connectivity index (χ1n) is 5.93. The molecule has 92 valence electrons. The summed E-state index contributed by atoms with van der Waals surface area (Å²) in [5.74, 6) is 0. The van der Waals surface area contributed by atoms with Crippen molar-refractivity contribution in [3.8, 4) is 0 Å². The molecule has 0 amide bonds. The van der Waals surface area contributed by atoms with Gasteiger partial charge in [-0.3, -0.25) is 9.36 Å². The summed E-state index contributed by atoms with van der Waals surface area (Å²) in [6.07, 6.45) is 6.86. The van der Waals surface area contributed by atoms with Crippen LogP contribution in [-0.4, -0.2) is 26.6 Å². The van der Waals surface area contributed by atoms with E-state index in [2.05, 4.69) is 28.5 Å². The third-order valence-corrected chi connectivity index (χ3v) is 2.83. The molecule has 0 radical (unpaired) electrons. The van der Waals surface area contributed by atoms with Gasteiger partial charge in [0.25, 0.3) is 0 Å². The summed E-state index contributed by atoms with van der Waals surface area (Å²) in [6, 6.07) is 2.21. The predicted molar refractivity (Wildman–Crippen MR) is 66.6 cm³/mol. The molecule has 17 heavy (non-hydrogen) atoms. The Kier molecular flexibility index (Phi) is 3.58. The van der Waals surface area contributed by atoms with E-state index in [0.717, 1.165) is 18.5 Å². The predicted octanol–water partition coefficient (Wildman–Crippen LogP) is 1.34. The van der Waals surface area contributed by atoms with Gasteiger partial charge in [0, 0.05) is 31.5 Å². The van der Waals surface area contributed by atoms with Gasteiger partial charge in [-0.15, -0.1) is 0 Å². The minimum absolute atomic E-state index is 0.151. The van der Waals surface area contributed by atoms with Crippen molar-refractivity contribution >= 4 is 0 Å². The van der Waals surface area contributed by atoms with E-state index in [0.29, 0.717) is 0 Å². The summed E-state index contributed by atoms with van der Waals surface area (Å²) < 4.78 is 3.87. The minimum atomic E-state index is 0.151. The number of nitrogens with one attached hydrogen (secondary N) is 1. The first-order chi connectivity index (χ1) is 8.26. The van der Waals surface area contributed by atoms with E-state index < -0.39 is 0 Å². The van der Waals surface area contributed by atoms with Crippen molar-refractivity contribution in [2.24, 2.45) is 7.05 Å². The summed E-state index contributed by atoms with van der Waals surface area (Å²) in [6.45, 7) is 3.10. The van der Waals surface area contributed by atoms with Crippen LogP contribution in [0.25, 0.3) is 0 Å². The Balaban J connectivity index is 2.31. The van der Waals surface area contributed by atoms with Crippen LogP contribution in [0.4, 0.5) is 0 Å². The van der Waals surface area contributed by atoms with E-state index in [4.69, 9.17) is 0 Å². The van der Waals surface area contributed by atoms with E-state index in [9.17, 15) is 0 Å². The number of nitrogens with zero attached hydrogens (tertiary/aromatic N) is 4. The maximum absolute atomic E-state index is 4.36. The van der Waals surface area contributed by atoms with Gasteiger partial charge in [0.1, 0.15) is 0 Å². The van der Waals surface area contributed by atoms with Crippen molar-refractivity contribution in [2.75, 3.05) is 7.05 Å². The molecule has 0 saturated heterocycles. The molecule has 1 N–H and O–H groups in total. The molecule has 5 nitrogen and oxygen atoms in total. The van der Waals surface area contributed by atoms with Crippen molar-refractivity contribution < 1.29 is 0 Å². The quantitative estimate of drug-likeness (QED) is 0.847. The maximum atomic E-state index is 4.36. The molecule has 0 saturated carbocycles. The lowest BCUT2D eigenvalue weighted by atomic mass is 10.1. The van der Waals surface area contributed by atoms with Crippen LogP contribution in [0.15, 0.2) is 24.7 Å². The van der Waals surface area contributed by atoms with Gasteiger partial charge in [0.15, 0.2) is 0 Å². The fourth-order valence-electron chi connectivity index (χ4n) is 2.06. The summed E-state index contributed by atoms with van der Waals surface area (Å²) in [7, 11) is 3.89. The highest BCUT2D eigenvalue weighted by Gasteiger charge is 2.17. The second-order valence-electron chi connectivity index (χ2n) is 4.15. The lowest BCUT2D eigenvalue weighted by Crippen LogP contribution is -2.21. The largest absolute Gasteiger partial charge is 0.308 e. The zero-order valence-corrected chi connectivity index (χ0v) is 10.6. The number of hydrogen-bond donors (Lipinski definition) is 1. The van der Waals surface area contributed by atoms with Gasteiger partial charge in [-0.25, -0.2) is 0 Å². The molecule has 0 bridgehead atoms. The first-order valence-corrected chi connectivity index (χ1v) is 5.93. The molecule has 2 heterocycles. The number of hydrogen-bond acceptors (Lipinski definition) is 3. The van der Waals surface area contributed by atoms with E-state index in [1.54, 1.807) is 0 Å². The fourth-order valence-corrected chi connectivity index (χ4v) is 2.06.